The number of hydrogen-bond acceptors (Lipinski definition) is 7. The minimum Gasteiger partial charge on any atom is -0.447 e. The van der Waals surface area contributed by atoms with Gasteiger partial charge < -0.3 is 36.2 Å². The highest BCUT2D eigenvalue weighted by atomic mass is 16.5. The van der Waals surface area contributed by atoms with Gasteiger partial charge in [-0.3, -0.25) is 19.2 Å². The van der Waals surface area contributed by atoms with Crippen molar-refractivity contribution in [1.82, 2.24) is 31.5 Å². The molecule has 2 aliphatic rings. The molecule has 6 amide bonds. The van der Waals surface area contributed by atoms with Crippen LogP contribution in [0.25, 0.3) is 0 Å². The quantitative estimate of drug-likeness (QED) is 0.121. The van der Waals surface area contributed by atoms with Gasteiger partial charge in [0.2, 0.25) is 17.6 Å². The SMILES string of the molecule is C#CCCC(NC(=O)[C@@H]1[C@@H](C(C)C)CCN1C(=O)[C@@H](NC(=O)N[C@H](COC(=O)NCC)C(C)(C)C)C1(C)CCCCC1)C(=O)C(=O)NCCC. The largest absolute Gasteiger partial charge is 0.447 e. The van der Waals surface area contributed by atoms with Gasteiger partial charge in [0, 0.05) is 26.1 Å². The molecule has 0 aromatic heterocycles. The zero-order chi connectivity index (χ0) is 37.6. The average Bonchev–Trinajstić information content (AvgIpc) is 3.51. The molecule has 13 heteroatoms. The van der Waals surface area contributed by atoms with Gasteiger partial charge in [-0.25, -0.2) is 9.59 Å². The highest BCUT2D eigenvalue weighted by molar-refractivity contribution is 6.38. The standard InChI is InChI=1S/C37H62N6O7/c1-10-13-17-26(29(44)32(46)39-21-11-2)40-31(45)28-25(24(4)5)18-22-43(28)33(47)30(37(9)19-15-14-16-20-37)42-34(48)41-27(36(6,7)8)23-50-35(49)38-12-3/h1,24-28,30H,11-23H2,2-9H3,(H,38,49)(H,39,46)(H,40,45)(H2,41,42,48)/t25-,26?,27-,28+,30-/m1/s1. The van der Waals surface area contributed by atoms with Gasteiger partial charge in [0.05, 0.1) is 12.1 Å². The molecule has 0 radical (unpaired) electrons. The second-order valence-corrected chi connectivity index (χ2v) is 15.4. The third-order valence-electron chi connectivity index (χ3n) is 10.1. The van der Waals surface area contributed by atoms with Gasteiger partial charge in [-0.15, -0.1) is 12.3 Å². The second kappa shape index (κ2) is 19.5. The lowest BCUT2D eigenvalue weighted by Gasteiger charge is -2.43. The fraction of sp³-hybridized carbons (Fsp3) is 0.784. The monoisotopic (exact) mass is 702 g/mol. The number of ketones is 1. The number of nitrogens with one attached hydrogen (secondary N) is 5. The molecule has 282 valence electrons. The van der Waals surface area contributed by atoms with Crippen LogP contribution >= 0.6 is 0 Å². The fourth-order valence-corrected chi connectivity index (χ4v) is 6.88. The van der Waals surface area contributed by atoms with E-state index in [0.29, 0.717) is 45.3 Å². The summed E-state index contributed by atoms with van der Waals surface area (Å²) in [6, 6.07) is -4.16. The molecule has 1 aliphatic heterocycles. The fourth-order valence-electron chi connectivity index (χ4n) is 6.88. The van der Waals surface area contributed by atoms with Crippen LogP contribution in [-0.4, -0.2) is 90.9 Å². The Morgan fingerprint density at radius 2 is 1.64 bits per heavy atom. The average molecular weight is 703 g/mol. The molecule has 2 rings (SSSR count). The van der Waals surface area contributed by atoms with Crippen LogP contribution in [0, 0.1) is 35.0 Å². The van der Waals surface area contributed by atoms with Crippen LogP contribution in [0.1, 0.15) is 113 Å². The van der Waals surface area contributed by atoms with Crippen LogP contribution in [0.3, 0.4) is 0 Å². The number of urea groups is 1. The first-order valence-corrected chi connectivity index (χ1v) is 18.3. The van der Waals surface area contributed by atoms with Crippen molar-refractivity contribution in [3.63, 3.8) is 0 Å². The summed E-state index contributed by atoms with van der Waals surface area (Å²) in [5.41, 5.74) is -1.07. The number of terminal acetylenes is 1. The predicted molar refractivity (Wildman–Crippen MR) is 192 cm³/mol. The minimum atomic E-state index is -1.15. The molecular weight excluding hydrogens is 640 g/mol. The van der Waals surface area contributed by atoms with E-state index in [-0.39, 0.29) is 37.2 Å². The smallest absolute Gasteiger partial charge is 0.407 e. The molecule has 0 spiro atoms. The molecule has 2 fully saturated rings. The molecule has 13 nitrogen and oxygen atoms in total. The molecule has 1 aliphatic carbocycles. The van der Waals surface area contributed by atoms with E-state index < -0.39 is 64.7 Å². The van der Waals surface area contributed by atoms with E-state index in [9.17, 15) is 28.8 Å². The van der Waals surface area contributed by atoms with Gasteiger partial charge in [-0.2, -0.15) is 0 Å². The lowest BCUT2D eigenvalue weighted by atomic mass is 9.70. The van der Waals surface area contributed by atoms with Crippen LogP contribution in [0.15, 0.2) is 0 Å². The molecule has 1 saturated carbocycles. The number of carbonyl (C=O) groups is 6. The summed E-state index contributed by atoms with van der Waals surface area (Å²) >= 11 is 0. The maximum atomic E-state index is 14.7. The van der Waals surface area contributed by atoms with Gasteiger partial charge >= 0.3 is 12.1 Å². The van der Waals surface area contributed by atoms with Crippen molar-refractivity contribution in [2.45, 2.75) is 137 Å². The topological polar surface area (TPSA) is 175 Å². The van der Waals surface area contributed by atoms with E-state index in [0.717, 1.165) is 19.3 Å². The number of hydrogen-bond donors (Lipinski definition) is 5. The number of ether oxygens (including phenoxy) is 1. The van der Waals surface area contributed by atoms with Gasteiger partial charge in [0.1, 0.15) is 18.7 Å². The van der Waals surface area contributed by atoms with E-state index in [1.165, 1.54) is 0 Å². The Balaban J connectivity index is 2.41. The van der Waals surface area contributed by atoms with Crippen LogP contribution < -0.4 is 26.6 Å². The Hall–Kier alpha value is -3.82. The first-order valence-electron chi connectivity index (χ1n) is 18.3. The van der Waals surface area contributed by atoms with Gasteiger partial charge in [0.25, 0.3) is 5.91 Å². The van der Waals surface area contributed by atoms with Gasteiger partial charge in [-0.1, -0.05) is 67.7 Å². The van der Waals surface area contributed by atoms with Gasteiger partial charge in [-0.05, 0) is 61.7 Å². The molecular formula is C37H62N6O7. The van der Waals surface area contributed by atoms with E-state index in [2.05, 4.69) is 32.5 Å². The van der Waals surface area contributed by atoms with Crippen molar-refractivity contribution in [2.24, 2.45) is 22.7 Å². The van der Waals surface area contributed by atoms with E-state index >= 15 is 0 Å². The van der Waals surface area contributed by atoms with Crippen molar-refractivity contribution in [2.75, 3.05) is 26.2 Å². The third kappa shape index (κ3) is 11.9. The molecule has 0 bridgehead atoms. The zero-order valence-electron chi connectivity index (χ0n) is 31.5. The van der Waals surface area contributed by atoms with Crippen LogP contribution in [0.2, 0.25) is 0 Å². The van der Waals surface area contributed by atoms with Crippen molar-refractivity contribution in [1.29, 1.82) is 0 Å². The Bertz CT molecular complexity index is 1230. The predicted octanol–water partition coefficient (Wildman–Crippen LogP) is 3.65. The first kappa shape index (κ1) is 42.3. The molecule has 0 aromatic carbocycles. The number of Topliss-reactive ketones (excluding diaryl/α,β-unsaturated/α-hetero) is 1. The Morgan fingerprint density at radius 3 is 2.20 bits per heavy atom. The van der Waals surface area contributed by atoms with Crippen LogP contribution in [0.5, 0.6) is 0 Å². The van der Waals surface area contributed by atoms with Crippen molar-refractivity contribution in [3.05, 3.63) is 0 Å². The minimum absolute atomic E-state index is 0.0219. The Kier molecular flexibility index (Phi) is 16.5. The second-order valence-electron chi connectivity index (χ2n) is 15.4. The van der Waals surface area contributed by atoms with E-state index in [1.54, 1.807) is 11.8 Å². The highest BCUT2D eigenvalue weighted by Crippen LogP contribution is 2.41. The van der Waals surface area contributed by atoms with E-state index in [1.807, 2.05) is 48.5 Å². The van der Waals surface area contributed by atoms with Gasteiger partial charge in [0.15, 0.2) is 0 Å². The summed E-state index contributed by atoms with van der Waals surface area (Å²) in [4.78, 5) is 81.9. The molecule has 0 aromatic rings. The molecule has 5 N–H and O–H groups in total. The molecule has 1 unspecified atom stereocenters. The lowest BCUT2D eigenvalue weighted by Crippen LogP contribution is -2.63. The summed E-state index contributed by atoms with van der Waals surface area (Å²) in [5, 5.41) is 13.8. The maximum Gasteiger partial charge on any atom is 0.407 e. The summed E-state index contributed by atoms with van der Waals surface area (Å²) in [5.74, 6) is -0.197. The van der Waals surface area contributed by atoms with Crippen molar-refractivity contribution in [3.8, 4) is 12.3 Å². The third-order valence-corrected chi connectivity index (χ3v) is 10.1. The molecule has 50 heavy (non-hydrogen) atoms. The summed E-state index contributed by atoms with van der Waals surface area (Å²) in [6.45, 7) is 16.3. The summed E-state index contributed by atoms with van der Waals surface area (Å²) in [6.07, 6.45) is 10.6. The number of rotatable bonds is 16. The summed E-state index contributed by atoms with van der Waals surface area (Å²) < 4.78 is 5.35. The number of likely N-dealkylation sites (tertiary alicyclic amines) is 1. The lowest BCUT2D eigenvalue weighted by molar-refractivity contribution is -0.145. The number of alkyl carbamates (subject to hydrolysis) is 1. The van der Waals surface area contributed by atoms with Crippen LogP contribution in [0.4, 0.5) is 9.59 Å². The summed E-state index contributed by atoms with van der Waals surface area (Å²) in [7, 11) is 0. The van der Waals surface area contributed by atoms with Crippen molar-refractivity contribution >= 4 is 35.6 Å². The Morgan fingerprint density at radius 1 is 0.980 bits per heavy atom. The number of carbonyl (C=O) groups excluding carboxylic acids is 6. The normalized spacial score (nSPS) is 20.4. The van der Waals surface area contributed by atoms with Crippen molar-refractivity contribution < 1.29 is 33.5 Å². The highest BCUT2D eigenvalue weighted by Gasteiger charge is 2.50. The molecule has 1 saturated heterocycles. The van der Waals surface area contributed by atoms with E-state index in [4.69, 9.17) is 11.2 Å². The Labute approximate surface area is 298 Å². The molecule has 5 atom stereocenters. The zero-order valence-corrected chi connectivity index (χ0v) is 31.5. The first-order chi connectivity index (χ1) is 23.5. The number of nitrogens with zero attached hydrogens (tertiary/aromatic N) is 1. The maximum absolute atomic E-state index is 14.7. The molecule has 1 heterocycles. The number of amides is 6. The van der Waals surface area contributed by atoms with Crippen LogP contribution in [-0.2, 0) is 23.9 Å².